The Bertz CT molecular complexity index is 939. The lowest BCUT2D eigenvalue weighted by atomic mass is 9.97. The molecule has 1 aliphatic rings. The Hall–Kier alpha value is -3.15. The van der Waals surface area contributed by atoms with E-state index in [0.717, 1.165) is 36.5 Å². The number of pyridine rings is 1. The molecule has 0 saturated carbocycles. The maximum Gasteiger partial charge on any atom is 0.255 e. The first-order chi connectivity index (χ1) is 13.7. The number of carbonyl (C=O) groups excluding carboxylic acids is 1. The van der Waals surface area contributed by atoms with Gasteiger partial charge in [-0.25, -0.2) is 4.98 Å². The van der Waals surface area contributed by atoms with Crippen LogP contribution < -0.4 is 4.74 Å². The van der Waals surface area contributed by atoms with Gasteiger partial charge >= 0.3 is 0 Å². The molecular formula is C22H23N3O3. The molecule has 3 heterocycles. The predicted octanol–water partition coefficient (Wildman–Crippen LogP) is 3.69. The van der Waals surface area contributed by atoms with Crippen molar-refractivity contribution in [2.45, 2.75) is 25.2 Å². The van der Waals surface area contributed by atoms with Gasteiger partial charge in [-0.15, -0.1) is 0 Å². The van der Waals surface area contributed by atoms with Crippen molar-refractivity contribution in [2.75, 3.05) is 20.2 Å². The zero-order valence-electron chi connectivity index (χ0n) is 15.9. The molecule has 0 bridgehead atoms. The Labute approximate surface area is 164 Å². The van der Waals surface area contributed by atoms with Gasteiger partial charge in [0.1, 0.15) is 11.5 Å². The molecular weight excluding hydrogens is 354 g/mol. The number of oxazole rings is 1. The van der Waals surface area contributed by atoms with Gasteiger partial charge in [-0.3, -0.25) is 9.78 Å². The quantitative estimate of drug-likeness (QED) is 0.678. The Morgan fingerprint density at radius 3 is 2.96 bits per heavy atom. The first-order valence-electron chi connectivity index (χ1n) is 9.50. The smallest absolute Gasteiger partial charge is 0.255 e. The number of likely N-dealkylation sites (tertiary alicyclic amines) is 1. The Morgan fingerprint density at radius 1 is 1.25 bits per heavy atom. The summed E-state index contributed by atoms with van der Waals surface area (Å²) in [6.45, 7) is 1.36. The van der Waals surface area contributed by atoms with E-state index < -0.39 is 0 Å². The van der Waals surface area contributed by atoms with Gasteiger partial charge in [0.05, 0.1) is 24.8 Å². The molecule has 1 saturated heterocycles. The fourth-order valence-electron chi connectivity index (χ4n) is 3.66. The van der Waals surface area contributed by atoms with Crippen LogP contribution in [-0.2, 0) is 6.42 Å². The molecule has 1 amide bonds. The molecule has 0 unspecified atom stereocenters. The molecule has 0 N–H and O–H groups in total. The average molecular weight is 377 g/mol. The summed E-state index contributed by atoms with van der Waals surface area (Å²) in [5.74, 6) is 2.47. The molecule has 6 heteroatoms. The highest BCUT2D eigenvalue weighted by Crippen LogP contribution is 2.29. The largest absolute Gasteiger partial charge is 0.496 e. The normalized spacial score (nSPS) is 16.8. The van der Waals surface area contributed by atoms with Crippen molar-refractivity contribution >= 4 is 5.91 Å². The summed E-state index contributed by atoms with van der Waals surface area (Å²) in [6.07, 6.45) is 7.59. The lowest BCUT2D eigenvalue weighted by Gasteiger charge is -2.31. The second-order valence-corrected chi connectivity index (χ2v) is 6.99. The number of aromatic nitrogens is 2. The van der Waals surface area contributed by atoms with Crippen molar-refractivity contribution in [3.8, 4) is 5.75 Å². The van der Waals surface area contributed by atoms with Crippen LogP contribution in [0.15, 0.2) is 59.4 Å². The number of carbonyl (C=O) groups is 1. The van der Waals surface area contributed by atoms with Gasteiger partial charge in [-0.05, 0) is 31.0 Å². The number of amides is 1. The first kappa shape index (κ1) is 18.2. The summed E-state index contributed by atoms with van der Waals surface area (Å²) in [4.78, 5) is 23.1. The van der Waals surface area contributed by atoms with E-state index in [-0.39, 0.29) is 11.8 Å². The third-order valence-electron chi connectivity index (χ3n) is 5.09. The van der Waals surface area contributed by atoms with E-state index >= 15 is 0 Å². The van der Waals surface area contributed by atoms with Gasteiger partial charge in [-0.2, -0.15) is 0 Å². The van der Waals surface area contributed by atoms with Crippen molar-refractivity contribution in [1.82, 2.24) is 14.9 Å². The zero-order valence-corrected chi connectivity index (χ0v) is 15.9. The van der Waals surface area contributed by atoms with E-state index in [4.69, 9.17) is 9.15 Å². The summed E-state index contributed by atoms with van der Waals surface area (Å²) in [6, 6.07) is 11.5. The van der Waals surface area contributed by atoms with E-state index in [1.807, 2.05) is 29.2 Å². The van der Waals surface area contributed by atoms with Crippen molar-refractivity contribution in [3.63, 3.8) is 0 Å². The fraction of sp³-hybridized carbons (Fsp3) is 0.318. The molecule has 4 rings (SSSR count). The van der Waals surface area contributed by atoms with Crippen molar-refractivity contribution in [3.05, 3.63) is 77.8 Å². The molecule has 3 aromatic rings. The molecule has 144 valence electrons. The van der Waals surface area contributed by atoms with E-state index in [1.165, 1.54) is 0 Å². The van der Waals surface area contributed by atoms with Gasteiger partial charge in [-0.1, -0.05) is 18.2 Å². The van der Waals surface area contributed by atoms with Crippen LogP contribution in [0.2, 0.25) is 0 Å². The monoisotopic (exact) mass is 377 g/mol. The summed E-state index contributed by atoms with van der Waals surface area (Å²) in [5, 5.41) is 0. The minimum atomic E-state index is 0.0126. The first-order valence-corrected chi connectivity index (χ1v) is 9.50. The molecule has 2 aromatic heterocycles. The van der Waals surface area contributed by atoms with Gasteiger partial charge in [0.15, 0.2) is 5.89 Å². The third kappa shape index (κ3) is 3.91. The highest BCUT2D eigenvalue weighted by Gasteiger charge is 2.28. The second kappa shape index (κ2) is 8.25. The number of ether oxygens (including phenoxy) is 1. The molecule has 1 atom stereocenters. The molecule has 0 radical (unpaired) electrons. The summed E-state index contributed by atoms with van der Waals surface area (Å²) < 4.78 is 11.5. The van der Waals surface area contributed by atoms with Crippen LogP contribution in [0.1, 0.15) is 46.3 Å². The van der Waals surface area contributed by atoms with Crippen LogP contribution >= 0.6 is 0 Å². The SMILES string of the molecule is COc1ccccc1Cc1cnc([C@H]2CCCN(C(=O)c3cccnc3)C2)o1. The number of piperidine rings is 1. The summed E-state index contributed by atoms with van der Waals surface area (Å²) in [7, 11) is 1.67. The van der Waals surface area contributed by atoms with E-state index in [9.17, 15) is 4.79 Å². The minimum absolute atomic E-state index is 0.0126. The van der Waals surface area contributed by atoms with Crippen LogP contribution in [0.5, 0.6) is 5.75 Å². The molecule has 6 nitrogen and oxygen atoms in total. The lowest BCUT2D eigenvalue weighted by molar-refractivity contribution is 0.0697. The maximum absolute atomic E-state index is 12.7. The molecule has 28 heavy (non-hydrogen) atoms. The van der Waals surface area contributed by atoms with Gasteiger partial charge in [0.25, 0.3) is 5.91 Å². The average Bonchev–Trinajstić information content (AvgIpc) is 3.23. The molecule has 0 spiro atoms. The summed E-state index contributed by atoms with van der Waals surface area (Å²) in [5.41, 5.74) is 1.68. The molecule has 1 aromatic carbocycles. The Morgan fingerprint density at radius 2 is 2.14 bits per heavy atom. The van der Waals surface area contributed by atoms with Gasteiger partial charge in [0, 0.05) is 37.5 Å². The Balaban J connectivity index is 1.45. The van der Waals surface area contributed by atoms with Crippen molar-refractivity contribution in [2.24, 2.45) is 0 Å². The molecule has 0 aliphatic carbocycles. The number of hydrogen-bond donors (Lipinski definition) is 0. The van der Waals surface area contributed by atoms with E-state index in [2.05, 4.69) is 9.97 Å². The maximum atomic E-state index is 12.7. The number of hydrogen-bond acceptors (Lipinski definition) is 5. The van der Waals surface area contributed by atoms with Crippen LogP contribution in [-0.4, -0.2) is 41.0 Å². The number of benzene rings is 1. The van der Waals surface area contributed by atoms with Gasteiger partial charge in [0.2, 0.25) is 0 Å². The molecule has 1 fully saturated rings. The number of methoxy groups -OCH3 is 1. The third-order valence-corrected chi connectivity index (χ3v) is 5.09. The van der Waals surface area contributed by atoms with Crippen LogP contribution in [0.25, 0.3) is 0 Å². The van der Waals surface area contributed by atoms with Crippen LogP contribution in [0.4, 0.5) is 0 Å². The highest BCUT2D eigenvalue weighted by molar-refractivity contribution is 5.93. The topological polar surface area (TPSA) is 68.5 Å². The Kier molecular flexibility index (Phi) is 5.37. The minimum Gasteiger partial charge on any atom is -0.496 e. The fourth-order valence-corrected chi connectivity index (χ4v) is 3.66. The van der Waals surface area contributed by atoms with E-state index in [1.54, 1.807) is 37.8 Å². The second-order valence-electron chi connectivity index (χ2n) is 6.99. The summed E-state index contributed by atoms with van der Waals surface area (Å²) >= 11 is 0. The standard InChI is InChI=1S/C22H23N3O3/c1-27-20-9-3-2-6-16(20)12-19-14-24-21(28-19)18-8-5-11-25(15-18)22(26)17-7-4-10-23-13-17/h2-4,6-7,9-10,13-14,18H,5,8,11-12,15H2,1H3/t18-/m0/s1. The van der Waals surface area contributed by atoms with Crippen molar-refractivity contribution < 1.29 is 13.9 Å². The molecule has 1 aliphatic heterocycles. The predicted molar refractivity (Wildman–Crippen MR) is 104 cm³/mol. The van der Waals surface area contributed by atoms with Crippen LogP contribution in [0.3, 0.4) is 0 Å². The number of rotatable bonds is 5. The number of nitrogens with zero attached hydrogens (tertiary/aromatic N) is 3. The van der Waals surface area contributed by atoms with Crippen molar-refractivity contribution in [1.29, 1.82) is 0 Å². The lowest BCUT2D eigenvalue weighted by Crippen LogP contribution is -2.39. The highest BCUT2D eigenvalue weighted by atomic mass is 16.5. The number of para-hydroxylation sites is 1. The van der Waals surface area contributed by atoms with Gasteiger partial charge < -0.3 is 14.1 Å². The van der Waals surface area contributed by atoms with E-state index in [0.29, 0.717) is 24.4 Å². The van der Waals surface area contributed by atoms with Crippen LogP contribution in [0, 0.1) is 0 Å². The zero-order chi connectivity index (χ0) is 19.3.